The lowest BCUT2D eigenvalue weighted by molar-refractivity contribution is -0.116. The molecule has 0 radical (unpaired) electrons. The van der Waals surface area contributed by atoms with Crippen molar-refractivity contribution in [3.8, 4) is 0 Å². The second-order valence-electron chi connectivity index (χ2n) is 7.67. The van der Waals surface area contributed by atoms with E-state index in [1.807, 2.05) is 20.8 Å². The smallest absolute Gasteiger partial charge is 0.308 e. The van der Waals surface area contributed by atoms with Gasteiger partial charge in [-0.05, 0) is 63.6 Å². The number of hydrogen-bond donors (Lipinski definition) is 1. The Kier molecular flexibility index (Phi) is 6.50. The molecule has 1 atom stereocenters. The fourth-order valence-electron chi connectivity index (χ4n) is 3.38. The normalized spacial score (nSPS) is 12.9. The van der Waals surface area contributed by atoms with Gasteiger partial charge in [0, 0.05) is 16.8 Å². The molecule has 0 bridgehead atoms. The molecule has 0 saturated heterocycles. The average molecular weight is 482 g/mol. The van der Waals surface area contributed by atoms with Gasteiger partial charge in [0.15, 0.2) is 0 Å². The number of rotatable bonds is 6. The maximum absolute atomic E-state index is 12.9. The predicted octanol–water partition coefficient (Wildman–Crippen LogP) is 4.40. The third kappa shape index (κ3) is 4.78. The highest BCUT2D eigenvalue weighted by atomic mass is 35.5. The van der Waals surface area contributed by atoms with Crippen LogP contribution >= 0.6 is 22.9 Å². The number of nitrogens with zero attached hydrogens (tertiary/aromatic N) is 2. The third-order valence-corrected chi connectivity index (χ3v) is 7.46. The van der Waals surface area contributed by atoms with Gasteiger partial charge < -0.3 is 5.32 Å². The Morgan fingerprint density at radius 3 is 2.42 bits per heavy atom. The second-order valence-corrected chi connectivity index (χ2v) is 10.9. The number of sulfonamides is 1. The van der Waals surface area contributed by atoms with Crippen LogP contribution in [0, 0.1) is 6.92 Å². The number of thiazole rings is 1. The Hall–Kier alpha value is -2.36. The van der Waals surface area contributed by atoms with Crippen LogP contribution in [-0.4, -0.2) is 31.2 Å². The standard InChI is InChI=1S/C21H24ClN3O4S2/c1-12(2)24-18-9-7-15(10-19(18)30-21(24)27)23-20(26)14(4)25(31(5,28)29)16-8-6-13(3)17(22)11-16/h6-12,14H,1-5H3,(H,23,26)/t14-/m1/s1. The number of aromatic nitrogens is 1. The summed E-state index contributed by atoms with van der Waals surface area (Å²) in [6.07, 6.45) is 1.04. The van der Waals surface area contributed by atoms with Gasteiger partial charge in [-0.15, -0.1) is 0 Å². The Bertz CT molecular complexity index is 1310. The lowest BCUT2D eigenvalue weighted by Crippen LogP contribution is -2.45. The van der Waals surface area contributed by atoms with Gasteiger partial charge in [0.2, 0.25) is 15.9 Å². The molecule has 0 aliphatic rings. The SMILES string of the molecule is Cc1ccc(N([C@H](C)C(=O)Nc2ccc3c(c2)sc(=O)n3C(C)C)S(C)(=O)=O)cc1Cl. The summed E-state index contributed by atoms with van der Waals surface area (Å²) in [4.78, 5) is 25.1. The summed E-state index contributed by atoms with van der Waals surface area (Å²) in [5.41, 5.74) is 2.39. The van der Waals surface area contributed by atoms with Gasteiger partial charge >= 0.3 is 4.87 Å². The molecule has 0 spiro atoms. The van der Waals surface area contributed by atoms with Crippen LogP contribution < -0.4 is 14.5 Å². The Labute approximate surface area is 190 Å². The summed E-state index contributed by atoms with van der Waals surface area (Å²) in [7, 11) is -3.76. The summed E-state index contributed by atoms with van der Waals surface area (Å²) >= 11 is 7.27. The molecule has 0 saturated carbocycles. The van der Waals surface area contributed by atoms with Gasteiger partial charge in [-0.3, -0.25) is 18.5 Å². The van der Waals surface area contributed by atoms with E-state index >= 15 is 0 Å². The zero-order valence-electron chi connectivity index (χ0n) is 17.8. The number of benzene rings is 2. The van der Waals surface area contributed by atoms with Gasteiger partial charge in [-0.25, -0.2) is 8.42 Å². The highest BCUT2D eigenvalue weighted by molar-refractivity contribution is 7.92. The summed E-state index contributed by atoms with van der Waals surface area (Å²) < 4.78 is 28.4. The molecule has 1 amide bonds. The molecule has 2 aromatic carbocycles. The Balaban J connectivity index is 1.92. The molecule has 0 unspecified atom stereocenters. The molecule has 3 rings (SSSR count). The molecule has 0 aliphatic heterocycles. The molecule has 3 aromatic rings. The van der Waals surface area contributed by atoms with Crippen molar-refractivity contribution in [2.24, 2.45) is 0 Å². The van der Waals surface area contributed by atoms with Crippen molar-refractivity contribution in [2.45, 2.75) is 39.8 Å². The number of hydrogen-bond acceptors (Lipinski definition) is 5. The molecule has 0 fully saturated rings. The Morgan fingerprint density at radius 1 is 1.16 bits per heavy atom. The molecule has 1 N–H and O–H groups in total. The van der Waals surface area contributed by atoms with Crippen molar-refractivity contribution in [1.82, 2.24) is 4.57 Å². The van der Waals surface area contributed by atoms with Gasteiger partial charge in [-0.2, -0.15) is 0 Å². The van der Waals surface area contributed by atoms with E-state index in [9.17, 15) is 18.0 Å². The minimum atomic E-state index is -3.76. The van der Waals surface area contributed by atoms with E-state index in [-0.39, 0.29) is 10.9 Å². The molecular weight excluding hydrogens is 458 g/mol. The van der Waals surface area contributed by atoms with E-state index in [1.165, 1.54) is 13.0 Å². The largest absolute Gasteiger partial charge is 0.324 e. The van der Waals surface area contributed by atoms with Gasteiger partial charge in [0.1, 0.15) is 6.04 Å². The minimum Gasteiger partial charge on any atom is -0.324 e. The number of halogens is 1. The highest BCUT2D eigenvalue weighted by Crippen LogP contribution is 2.28. The first-order valence-corrected chi connectivity index (χ1v) is 12.7. The van der Waals surface area contributed by atoms with E-state index in [1.54, 1.807) is 34.9 Å². The molecule has 10 heteroatoms. The first-order valence-electron chi connectivity index (χ1n) is 9.61. The van der Waals surface area contributed by atoms with Crippen LogP contribution in [0.15, 0.2) is 41.2 Å². The average Bonchev–Trinajstić information content (AvgIpc) is 2.98. The molecular formula is C21H24ClN3O4S2. The third-order valence-electron chi connectivity index (χ3n) is 4.90. The van der Waals surface area contributed by atoms with Crippen LogP contribution in [0.2, 0.25) is 5.02 Å². The number of amides is 1. The van der Waals surface area contributed by atoms with Gasteiger partial charge in [-0.1, -0.05) is 29.0 Å². The van der Waals surface area contributed by atoms with Crippen molar-refractivity contribution in [1.29, 1.82) is 0 Å². The fourth-order valence-corrected chi connectivity index (χ4v) is 5.77. The van der Waals surface area contributed by atoms with E-state index in [2.05, 4.69) is 5.32 Å². The monoisotopic (exact) mass is 481 g/mol. The second kappa shape index (κ2) is 8.64. The van der Waals surface area contributed by atoms with E-state index in [4.69, 9.17) is 11.6 Å². The number of carbonyl (C=O) groups is 1. The van der Waals surface area contributed by atoms with Crippen molar-refractivity contribution >= 4 is 60.5 Å². The fraction of sp³-hybridized carbons (Fsp3) is 0.333. The summed E-state index contributed by atoms with van der Waals surface area (Å²) in [6, 6.07) is 9.04. The maximum atomic E-state index is 12.9. The van der Waals surface area contributed by atoms with Crippen LogP contribution in [-0.2, 0) is 14.8 Å². The van der Waals surface area contributed by atoms with Crippen LogP contribution in [0.4, 0.5) is 11.4 Å². The molecule has 1 heterocycles. The molecule has 166 valence electrons. The molecule has 0 aliphatic carbocycles. The van der Waals surface area contributed by atoms with Crippen LogP contribution in [0.5, 0.6) is 0 Å². The predicted molar refractivity (Wildman–Crippen MR) is 128 cm³/mol. The topological polar surface area (TPSA) is 88.5 Å². The summed E-state index contributed by atoms with van der Waals surface area (Å²) in [6.45, 7) is 7.18. The van der Waals surface area contributed by atoms with E-state index in [0.717, 1.165) is 37.7 Å². The van der Waals surface area contributed by atoms with Crippen molar-refractivity contribution in [3.05, 3.63) is 56.7 Å². The maximum Gasteiger partial charge on any atom is 0.308 e. The van der Waals surface area contributed by atoms with Crippen LogP contribution in [0.25, 0.3) is 10.2 Å². The number of fused-ring (bicyclic) bond motifs is 1. The molecule has 7 nitrogen and oxygen atoms in total. The van der Waals surface area contributed by atoms with Crippen LogP contribution in [0.3, 0.4) is 0 Å². The van der Waals surface area contributed by atoms with Crippen molar-refractivity contribution in [2.75, 3.05) is 15.9 Å². The van der Waals surface area contributed by atoms with E-state index < -0.39 is 22.0 Å². The zero-order chi connectivity index (χ0) is 23.1. The number of anilines is 2. The first-order chi connectivity index (χ1) is 14.4. The van der Waals surface area contributed by atoms with Gasteiger partial charge in [0.25, 0.3) is 0 Å². The minimum absolute atomic E-state index is 0.0198. The van der Waals surface area contributed by atoms with E-state index in [0.29, 0.717) is 16.4 Å². The summed E-state index contributed by atoms with van der Waals surface area (Å²) in [5, 5.41) is 3.17. The lowest BCUT2D eigenvalue weighted by atomic mass is 10.2. The first kappa shape index (κ1) is 23.3. The number of nitrogens with one attached hydrogen (secondary N) is 1. The molecule has 31 heavy (non-hydrogen) atoms. The van der Waals surface area contributed by atoms with Crippen LogP contribution in [0.1, 0.15) is 32.4 Å². The number of aryl methyl sites for hydroxylation is 1. The van der Waals surface area contributed by atoms with Gasteiger partial charge in [0.05, 0.1) is 22.2 Å². The molecule has 1 aromatic heterocycles. The highest BCUT2D eigenvalue weighted by Gasteiger charge is 2.29. The Morgan fingerprint density at radius 2 is 1.84 bits per heavy atom. The lowest BCUT2D eigenvalue weighted by Gasteiger charge is -2.28. The zero-order valence-corrected chi connectivity index (χ0v) is 20.2. The summed E-state index contributed by atoms with van der Waals surface area (Å²) in [5.74, 6) is -0.503. The quantitative estimate of drug-likeness (QED) is 0.565. The van der Waals surface area contributed by atoms with Crippen molar-refractivity contribution < 1.29 is 13.2 Å². The van der Waals surface area contributed by atoms with Crippen molar-refractivity contribution in [3.63, 3.8) is 0 Å². The number of carbonyl (C=O) groups excluding carboxylic acids is 1.